The van der Waals surface area contributed by atoms with Crippen molar-refractivity contribution in [3.63, 3.8) is 0 Å². The molecular weight excluding hydrogens is 276 g/mol. The molecule has 2 rings (SSSR count). The van der Waals surface area contributed by atoms with Crippen molar-refractivity contribution in [1.82, 2.24) is 0 Å². The van der Waals surface area contributed by atoms with Gasteiger partial charge >= 0.3 is 0 Å². The van der Waals surface area contributed by atoms with Crippen LogP contribution in [0.1, 0.15) is 18.9 Å². The van der Waals surface area contributed by atoms with E-state index in [4.69, 9.17) is 21.4 Å². The number of rotatable bonds is 5. The van der Waals surface area contributed by atoms with Crippen LogP contribution in [0.4, 0.5) is 0 Å². The molecule has 4 heteroatoms. The fourth-order valence-corrected chi connectivity index (χ4v) is 2.01. The van der Waals surface area contributed by atoms with Gasteiger partial charge < -0.3 is 14.9 Å². The fourth-order valence-electron chi connectivity index (χ4n) is 1.88. The zero-order chi connectivity index (χ0) is 14.6. The number of aliphatic hydroxyl groups is 2. The van der Waals surface area contributed by atoms with Crippen LogP contribution in [0.15, 0.2) is 48.5 Å². The lowest BCUT2D eigenvalue weighted by Crippen LogP contribution is -2.22. The van der Waals surface area contributed by atoms with Gasteiger partial charge in [-0.1, -0.05) is 23.7 Å². The van der Waals surface area contributed by atoms with Crippen molar-refractivity contribution in [2.24, 2.45) is 0 Å². The van der Waals surface area contributed by atoms with Gasteiger partial charge in [0.15, 0.2) is 0 Å². The molecule has 0 radical (unpaired) electrons. The first kappa shape index (κ1) is 14.9. The second-order valence-corrected chi connectivity index (χ2v) is 5.26. The topological polar surface area (TPSA) is 49.7 Å². The highest BCUT2D eigenvalue weighted by Crippen LogP contribution is 2.28. The zero-order valence-corrected chi connectivity index (χ0v) is 12.0. The standard InChI is InChI=1S/C16H17ClO3/c1-16(19,10-11-18)12-2-6-14(7-3-12)20-15-8-4-13(17)5-9-15/h2-9,18-19H,10-11H2,1H3. The van der Waals surface area contributed by atoms with E-state index in [1.807, 2.05) is 0 Å². The molecule has 2 aromatic rings. The second-order valence-electron chi connectivity index (χ2n) is 4.83. The summed E-state index contributed by atoms with van der Waals surface area (Å²) in [5.41, 5.74) is -0.289. The molecule has 0 aliphatic rings. The van der Waals surface area contributed by atoms with Crippen molar-refractivity contribution in [3.8, 4) is 11.5 Å². The van der Waals surface area contributed by atoms with Crippen molar-refractivity contribution < 1.29 is 14.9 Å². The summed E-state index contributed by atoms with van der Waals surface area (Å²) in [7, 11) is 0. The van der Waals surface area contributed by atoms with Crippen LogP contribution in [0, 0.1) is 0 Å². The van der Waals surface area contributed by atoms with Crippen LogP contribution in [-0.2, 0) is 5.60 Å². The van der Waals surface area contributed by atoms with Crippen molar-refractivity contribution in [2.75, 3.05) is 6.61 Å². The molecule has 20 heavy (non-hydrogen) atoms. The van der Waals surface area contributed by atoms with Gasteiger partial charge in [-0.15, -0.1) is 0 Å². The minimum absolute atomic E-state index is 0.0595. The van der Waals surface area contributed by atoms with Gasteiger partial charge in [0.2, 0.25) is 0 Å². The number of aliphatic hydroxyl groups excluding tert-OH is 1. The molecular formula is C16H17ClO3. The van der Waals surface area contributed by atoms with Crippen molar-refractivity contribution >= 4 is 11.6 Å². The summed E-state index contributed by atoms with van der Waals surface area (Å²) in [6.07, 6.45) is 0.296. The predicted octanol–water partition coefficient (Wildman–Crippen LogP) is 3.72. The molecule has 0 spiro atoms. The van der Waals surface area contributed by atoms with E-state index in [9.17, 15) is 5.11 Å². The minimum atomic E-state index is -1.03. The smallest absolute Gasteiger partial charge is 0.127 e. The lowest BCUT2D eigenvalue weighted by molar-refractivity contribution is 0.0299. The molecule has 0 saturated carbocycles. The Balaban J connectivity index is 2.10. The van der Waals surface area contributed by atoms with Crippen molar-refractivity contribution in [3.05, 3.63) is 59.1 Å². The normalized spacial score (nSPS) is 13.8. The third-order valence-electron chi connectivity index (χ3n) is 3.12. The molecule has 0 aliphatic carbocycles. The molecule has 0 heterocycles. The average molecular weight is 293 g/mol. The van der Waals surface area contributed by atoms with Crippen molar-refractivity contribution in [1.29, 1.82) is 0 Å². The van der Waals surface area contributed by atoms with E-state index in [2.05, 4.69) is 0 Å². The van der Waals surface area contributed by atoms with Gasteiger partial charge in [-0.25, -0.2) is 0 Å². The SMILES string of the molecule is CC(O)(CCO)c1ccc(Oc2ccc(Cl)cc2)cc1. The zero-order valence-electron chi connectivity index (χ0n) is 11.2. The summed E-state index contributed by atoms with van der Waals surface area (Å²) >= 11 is 5.81. The Hall–Kier alpha value is -1.55. The summed E-state index contributed by atoms with van der Waals surface area (Å²) in [6, 6.07) is 14.3. The van der Waals surface area contributed by atoms with Crippen LogP contribution in [0.2, 0.25) is 5.02 Å². The molecule has 2 N–H and O–H groups in total. The monoisotopic (exact) mass is 292 g/mol. The average Bonchev–Trinajstić information content (AvgIpc) is 2.42. The Kier molecular flexibility index (Phi) is 4.65. The highest BCUT2D eigenvalue weighted by molar-refractivity contribution is 6.30. The Labute approximate surface area is 123 Å². The van der Waals surface area contributed by atoms with E-state index in [1.54, 1.807) is 55.5 Å². The van der Waals surface area contributed by atoms with Crippen LogP contribution >= 0.6 is 11.6 Å². The van der Waals surface area contributed by atoms with Gasteiger partial charge in [0.05, 0.1) is 5.60 Å². The summed E-state index contributed by atoms with van der Waals surface area (Å²) in [5, 5.41) is 19.8. The molecule has 0 aromatic heterocycles. The highest BCUT2D eigenvalue weighted by atomic mass is 35.5. The Bertz CT molecular complexity index is 547. The molecule has 2 aromatic carbocycles. The molecule has 0 aliphatic heterocycles. The maximum absolute atomic E-state index is 10.2. The summed E-state index contributed by atoms with van der Waals surface area (Å²) in [5.74, 6) is 1.38. The van der Waals surface area contributed by atoms with E-state index >= 15 is 0 Å². The number of halogens is 1. The summed E-state index contributed by atoms with van der Waals surface area (Å²) < 4.78 is 5.67. The molecule has 3 nitrogen and oxygen atoms in total. The lowest BCUT2D eigenvalue weighted by Gasteiger charge is -2.22. The van der Waals surface area contributed by atoms with E-state index in [0.717, 1.165) is 5.56 Å². The number of hydrogen-bond acceptors (Lipinski definition) is 3. The third kappa shape index (κ3) is 3.73. The van der Waals surface area contributed by atoms with E-state index < -0.39 is 5.60 Å². The Morgan fingerprint density at radius 3 is 2.00 bits per heavy atom. The van der Waals surface area contributed by atoms with Gasteiger partial charge in [-0.2, -0.15) is 0 Å². The molecule has 0 saturated heterocycles. The number of ether oxygens (including phenoxy) is 1. The first-order valence-electron chi connectivity index (χ1n) is 6.38. The van der Waals surface area contributed by atoms with Gasteiger partial charge in [0.25, 0.3) is 0 Å². The summed E-state index contributed by atoms with van der Waals surface area (Å²) in [4.78, 5) is 0. The first-order chi connectivity index (χ1) is 9.51. The molecule has 1 atom stereocenters. The number of benzene rings is 2. The number of hydrogen-bond donors (Lipinski definition) is 2. The van der Waals surface area contributed by atoms with E-state index in [-0.39, 0.29) is 6.61 Å². The third-order valence-corrected chi connectivity index (χ3v) is 3.38. The quantitative estimate of drug-likeness (QED) is 0.883. The van der Waals surface area contributed by atoms with Crippen LogP contribution in [-0.4, -0.2) is 16.8 Å². The molecule has 0 bridgehead atoms. The molecule has 0 amide bonds. The van der Waals surface area contributed by atoms with E-state index in [0.29, 0.717) is 22.9 Å². The van der Waals surface area contributed by atoms with Gasteiger partial charge in [0.1, 0.15) is 11.5 Å². The Morgan fingerprint density at radius 1 is 1.00 bits per heavy atom. The largest absolute Gasteiger partial charge is 0.457 e. The first-order valence-corrected chi connectivity index (χ1v) is 6.76. The molecule has 1 unspecified atom stereocenters. The van der Waals surface area contributed by atoms with Crippen LogP contribution in [0.3, 0.4) is 0 Å². The Morgan fingerprint density at radius 2 is 1.50 bits per heavy atom. The maximum Gasteiger partial charge on any atom is 0.127 e. The van der Waals surface area contributed by atoms with E-state index in [1.165, 1.54) is 0 Å². The van der Waals surface area contributed by atoms with Crippen LogP contribution < -0.4 is 4.74 Å². The van der Waals surface area contributed by atoms with Gasteiger partial charge in [-0.3, -0.25) is 0 Å². The highest BCUT2D eigenvalue weighted by Gasteiger charge is 2.22. The maximum atomic E-state index is 10.2. The minimum Gasteiger partial charge on any atom is -0.457 e. The lowest BCUT2D eigenvalue weighted by atomic mass is 9.93. The van der Waals surface area contributed by atoms with Gasteiger partial charge in [-0.05, 0) is 48.9 Å². The second kappa shape index (κ2) is 6.27. The summed E-state index contributed by atoms with van der Waals surface area (Å²) in [6.45, 7) is 1.62. The fraction of sp³-hybridized carbons (Fsp3) is 0.250. The molecule has 0 fully saturated rings. The van der Waals surface area contributed by atoms with Crippen LogP contribution in [0.25, 0.3) is 0 Å². The predicted molar refractivity (Wildman–Crippen MR) is 79.2 cm³/mol. The van der Waals surface area contributed by atoms with Gasteiger partial charge in [0, 0.05) is 18.1 Å². The van der Waals surface area contributed by atoms with Crippen molar-refractivity contribution in [2.45, 2.75) is 18.9 Å². The molecule has 106 valence electrons. The van der Waals surface area contributed by atoms with Crippen LogP contribution in [0.5, 0.6) is 11.5 Å².